The number of allylic oxidation sites excluding steroid dienone is 2. The van der Waals surface area contributed by atoms with Crippen LogP contribution in [0.2, 0.25) is 0 Å². The molecule has 0 N–H and O–H groups in total. The first-order valence-corrected chi connectivity index (χ1v) is 5.83. The number of carbonyl (C=O) groups excluding carboxylic acids is 1. The van der Waals surface area contributed by atoms with Gasteiger partial charge in [0.15, 0.2) is 0 Å². The second-order valence-corrected chi connectivity index (χ2v) is 3.92. The number of benzene rings is 2. The van der Waals surface area contributed by atoms with Gasteiger partial charge in [-0.2, -0.15) is 0 Å². The van der Waals surface area contributed by atoms with Gasteiger partial charge in [-0.15, -0.1) is 0 Å². The van der Waals surface area contributed by atoms with Crippen molar-refractivity contribution in [2.45, 2.75) is 0 Å². The molecular formula is C17H14O. The Morgan fingerprint density at radius 3 is 1.89 bits per heavy atom. The van der Waals surface area contributed by atoms with Crippen LogP contribution in [0.15, 0.2) is 72.3 Å². The first-order chi connectivity index (χ1) is 8.88. The van der Waals surface area contributed by atoms with Gasteiger partial charge in [0.25, 0.3) is 0 Å². The molecule has 0 atom stereocenters. The lowest BCUT2D eigenvalue weighted by Crippen LogP contribution is -1.80. The maximum atomic E-state index is 11.0. The molecule has 0 unspecified atom stereocenters. The van der Waals surface area contributed by atoms with Crippen molar-refractivity contribution < 1.29 is 4.79 Å². The highest BCUT2D eigenvalue weighted by atomic mass is 16.1. The molecule has 1 nitrogen and oxygen atoms in total. The molecule has 0 aromatic heterocycles. The van der Waals surface area contributed by atoms with Gasteiger partial charge in [-0.05, 0) is 17.2 Å². The summed E-state index contributed by atoms with van der Waals surface area (Å²) in [6.07, 6.45) is 6.50. The Hall–Kier alpha value is -2.41. The van der Waals surface area contributed by atoms with E-state index in [4.69, 9.17) is 0 Å². The first kappa shape index (κ1) is 12.1. The Morgan fingerprint density at radius 1 is 0.778 bits per heavy atom. The molecule has 0 saturated carbocycles. The highest BCUT2D eigenvalue weighted by Gasteiger charge is 1.91. The van der Waals surface area contributed by atoms with Crippen molar-refractivity contribution in [3.63, 3.8) is 0 Å². The SMILES string of the molecule is O=CC(C=Cc1ccccc1)=Cc1ccccc1. The molecule has 0 aliphatic rings. The van der Waals surface area contributed by atoms with Crippen LogP contribution in [0.5, 0.6) is 0 Å². The summed E-state index contributed by atoms with van der Waals surface area (Å²) in [5, 5.41) is 0. The van der Waals surface area contributed by atoms with E-state index in [1.54, 1.807) is 0 Å². The third-order valence-electron chi connectivity index (χ3n) is 2.54. The van der Waals surface area contributed by atoms with E-state index in [1.807, 2.05) is 78.9 Å². The monoisotopic (exact) mass is 234 g/mol. The summed E-state index contributed by atoms with van der Waals surface area (Å²) >= 11 is 0. The first-order valence-electron chi connectivity index (χ1n) is 5.83. The zero-order valence-corrected chi connectivity index (χ0v) is 9.99. The van der Waals surface area contributed by atoms with Crippen molar-refractivity contribution in [3.8, 4) is 0 Å². The molecule has 18 heavy (non-hydrogen) atoms. The molecular weight excluding hydrogens is 220 g/mol. The van der Waals surface area contributed by atoms with E-state index in [9.17, 15) is 4.79 Å². The maximum absolute atomic E-state index is 11.0. The van der Waals surface area contributed by atoms with Gasteiger partial charge in [0.05, 0.1) is 0 Å². The van der Waals surface area contributed by atoms with Gasteiger partial charge in [-0.1, -0.05) is 72.8 Å². The predicted octanol–water partition coefficient (Wildman–Crippen LogP) is 3.98. The third-order valence-corrected chi connectivity index (χ3v) is 2.54. The summed E-state index contributed by atoms with van der Waals surface area (Å²) in [5.41, 5.74) is 2.76. The zero-order chi connectivity index (χ0) is 12.6. The van der Waals surface area contributed by atoms with Crippen LogP contribution in [0.3, 0.4) is 0 Å². The summed E-state index contributed by atoms with van der Waals surface area (Å²) < 4.78 is 0. The molecule has 0 aliphatic carbocycles. The number of hydrogen-bond acceptors (Lipinski definition) is 1. The van der Waals surface area contributed by atoms with Gasteiger partial charge in [0.1, 0.15) is 6.29 Å². The van der Waals surface area contributed by atoms with E-state index in [1.165, 1.54) is 0 Å². The number of carbonyl (C=O) groups is 1. The third kappa shape index (κ3) is 3.56. The molecule has 2 aromatic carbocycles. The minimum absolute atomic E-state index is 0.657. The van der Waals surface area contributed by atoms with Gasteiger partial charge in [-0.25, -0.2) is 0 Å². The quantitative estimate of drug-likeness (QED) is 0.444. The molecule has 2 rings (SSSR count). The van der Waals surface area contributed by atoms with E-state index in [2.05, 4.69) is 0 Å². The Kier molecular flexibility index (Phi) is 4.26. The summed E-state index contributed by atoms with van der Waals surface area (Å²) in [6, 6.07) is 19.7. The van der Waals surface area contributed by atoms with Crippen molar-refractivity contribution in [3.05, 3.63) is 83.4 Å². The Balaban J connectivity index is 2.18. The lowest BCUT2D eigenvalue weighted by Gasteiger charge is -1.95. The van der Waals surface area contributed by atoms with Gasteiger partial charge < -0.3 is 0 Å². The molecule has 0 amide bonds. The van der Waals surface area contributed by atoms with Crippen LogP contribution < -0.4 is 0 Å². The highest BCUT2D eigenvalue weighted by Crippen LogP contribution is 2.08. The van der Waals surface area contributed by atoms with Crippen molar-refractivity contribution in [2.24, 2.45) is 0 Å². The molecule has 0 spiro atoms. The van der Waals surface area contributed by atoms with Crippen molar-refractivity contribution in [2.75, 3.05) is 0 Å². The van der Waals surface area contributed by atoms with E-state index in [-0.39, 0.29) is 0 Å². The fourth-order valence-electron chi connectivity index (χ4n) is 1.62. The van der Waals surface area contributed by atoms with E-state index >= 15 is 0 Å². The Morgan fingerprint density at radius 2 is 1.33 bits per heavy atom. The zero-order valence-electron chi connectivity index (χ0n) is 9.99. The Bertz CT molecular complexity index is 551. The van der Waals surface area contributed by atoms with Gasteiger partial charge in [0.2, 0.25) is 0 Å². The number of aldehydes is 1. The second-order valence-electron chi connectivity index (χ2n) is 3.92. The smallest absolute Gasteiger partial charge is 0.150 e. The largest absolute Gasteiger partial charge is 0.298 e. The van der Waals surface area contributed by atoms with Crippen LogP contribution in [-0.2, 0) is 4.79 Å². The maximum Gasteiger partial charge on any atom is 0.150 e. The fraction of sp³-hybridized carbons (Fsp3) is 0. The van der Waals surface area contributed by atoms with Crippen LogP contribution in [0.4, 0.5) is 0 Å². The molecule has 1 heteroatoms. The Labute approximate surface area is 107 Å². The van der Waals surface area contributed by atoms with Crippen LogP contribution in [-0.4, -0.2) is 6.29 Å². The van der Waals surface area contributed by atoms with Gasteiger partial charge in [-0.3, -0.25) is 4.79 Å². The van der Waals surface area contributed by atoms with Crippen LogP contribution in [0, 0.1) is 0 Å². The van der Waals surface area contributed by atoms with E-state index in [0.717, 1.165) is 17.4 Å². The lowest BCUT2D eigenvalue weighted by molar-refractivity contribution is -0.104. The summed E-state index contributed by atoms with van der Waals surface area (Å²) in [6.45, 7) is 0. The van der Waals surface area contributed by atoms with Crippen LogP contribution in [0.25, 0.3) is 12.2 Å². The number of hydrogen-bond donors (Lipinski definition) is 0. The summed E-state index contributed by atoms with van der Waals surface area (Å²) in [7, 11) is 0. The molecule has 88 valence electrons. The number of rotatable bonds is 4. The highest BCUT2D eigenvalue weighted by molar-refractivity contribution is 5.87. The fourth-order valence-corrected chi connectivity index (χ4v) is 1.62. The van der Waals surface area contributed by atoms with Gasteiger partial charge >= 0.3 is 0 Å². The second kappa shape index (κ2) is 6.36. The molecule has 0 saturated heterocycles. The van der Waals surface area contributed by atoms with Gasteiger partial charge in [0, 0.05) is 5.57 Å². The van der Waals surface area contributed by atoms with Crippen LogP contribution >= 0.6 is 0 Å². The van der Waals surface area contributed by atoms with E-state index in [0.29, 0.717) is 5.57 Å². The normalized spacial score (nSPS) is 11.7. The van der Waals surface area contributed by atoms with Crippen LogP contribution in [0.1, 0.15) is 11.1 Å². The van der Waals surface area contributed by atoms with Crippen molar-refractivity contribution in [1.29, 1.82) is 0 Å². The summed E-state index contributed by atoms with van der Waals surface area (Å²) in [5.74, 6) is 0. The molecule has 2 aromatic rings. The van der Waals surface area contributed by atoms with Crippen molar-refractivity contribution >= 4 is 18.4 Å². The standard InChI is InChI=1S/C17H14O/c18-14-17(13-16-9-5-2-6-10-16)12-11-15-7-3-1-4-8-15/h1-14H. The molecule has 0 fully saturated rings. The van der Waals surface area contributed by atoms with Crippen molar-refractivity contribution in [1.82, 2.24) is 0 Å². The molecule has 0 heterocycles. The minimum Gasteiger partial charge on any atom is -0.298 e. The minimum atomic E-state index is 0.657. The van der Waals surface area contributed by atoms with E-state index < -0.39 is 0 Å². The lowest BCUT2D eigenvalue weighted by atomic mass is 10.1. The summed E-state index contributed by atoms with van der Waals surface area (Å²) in [4.78, 5) is 11.0. The topological polar surface area (TPSA) is 17.1 Å². The average molecular weight is 234 g/mol. The predicted molar refractivity (Wildman–Crippen MR) is 76.0 cm³/mol. The molecule has 0 bridgehead atoms. The molecule has 0 radical (unpaired) electrons. The average Bonchev–Trinajstić information content (AvgIpc) is 2.45. The molecule has 0 aliphatic heterocycles.